The molecule has 0 spiro atoms. The number of anilines is 1. The van der Waals surface area contributed by atoms with Gasteiger partial charge in [0.2, 0.25) is 0 Å². The maximum Gasteiger partial charge on any atom is 0.263 e. The quantitative estimate of drug-likeness (QED) is 0.889. The van der Waals surface area contributed by atoms with Crippen molar-refractivity contribution in [1.29, 1.82) is 0 Å². The number of rotatable bonds is 5. The van der Waals surface area contributed by atoms with Crippen molar-refractivity contribution in [1.82, 2.24) is 10.3 Å². The zero-order valence-corrected chi connectivity index (χ0v) is 12.2. The molecule has 1 aliphatic rings. The first-order valence-electron chi connectivity index (χ1n) is 6.27. The highest BCUT2D eigenvalue weighted by Crippen LogP contribution is 2.27. The lowest BCUT2D eigenvalue weighted by molar-refractivity contribution is 0.0944. The summed E-state index contributed by atoms with van der Waals surface area (Å²) in [5, 5.41) is 11.2. The molecular weight excluding hydrogens is 278 g/mol. The predicted octanol–water partition coefficient (Wildman–Crippen LogP) is 3.27. The number of hydrogen-bond donors (Lipinski definition) is 2. The number of thiophene rings is 1. The van der Waals surface area contributed by atoms with Crippen LogP contribution in [0.2, 0.25) is 0 Å². The Labute approximate surface area is 119 Å². The molecule has 1 saturated carbocycles. The second kappa shape index (κ2) is 5.30. The van der Waals surface area contributed by atoms with E-state index >= 15 is 0 Å². The van der Waals surface area contributed by atoms with Gasteiger partial charge >= 0.3 is 0 Å². The fraction of sp³-hybridized carbons (Fsp3) is 0.385. The minimum Gasteiger partial charge on any atom is -0.359 e. The Morgan fingerprint density at radius 2 is 2.37 bits per heavy atom. The van der Waals surface area contributed by atoms with Crippen LogP contribution in [-0.4, -0.2) is 16.9 Å². The van der Waals surface area contributed by atoms with Crippen molar-refractivity contribution in [3.8, 4) is 0 Å². The summed E-state index contributed by atoms with van der Waals surface area (Å²) in [6, 6.07) is 2.62. The molecule has 3 rings (SSSR count). The third-order valence-electron chi connectivity index (χ3n) is 3.03. The van der Waals surface area contributed by atoms with Gasteiger partial charge in [-0.25, -0.2) is 4.98 Å². The smallest absolute Gasteiger partial charge is 0.263 e. The maximum atomic E-state index is 12.1. The van der Waals surface area contributed by atoms with Crippen LogP contribution in [0.25, 0.3) is 0 Å². The summed E-state index contributed by atoms with van der Waals surface area (Å²) in [7, 11) is 0. The fourth-order valence-corrected chi connectivity index (χ4v) is 3.27. The van der Waals surface area contributed by atoms with Gasteiger partial charge in [-0.05, 0) is 42.2 Å². The van der Waals surface area contributed by atoms with E-state index in [2.05, 4.69) is 21.0 Å². The Morgan fingerprint density at radius 1 is 1.53 bits per heavy atom. The number of thiazole rings is 1. The van der Waals surface area contributed by atoms with E-state index in [9.17, 15) is 4.79 Å². The molecule has 0 saturated heterocycles. The first-order valence-corrected chi connectivity index (χ1v) is 8.03. The number of aromatic nitrogens is 1. The summed E-state index contributed by atoms with van der Waals surface area (Å²) >= 11 is 3.05. The third kappa shape index (κ3) is 3.13. The van der Waals surface area contributed by atoms with Gasteiger partial charge in [-0.1, -0.05) is 11.3 Å². The Hall–Kier alpha value is -1.40. The molecular formula is C13H15N3OS2. The van der Waals surface area contributed by atoms with Crippen molar-refractivity contribution in [2.75, 3.05) is 5.32 Å². The van der Waals surface area contributed by atoms with E-state index in [0.29, 0.717) is 10.9 Å². The van der Waals surface area contributed by atoms with Gasteiger partial charge in [-0.15, -0.1) is 0 Å². The summed E-state index contributed by atoms with van der Waals surface area (Å²) < 4.78 is 0. The molecule has 0 bridgehead atoms. The van der Waals surface area contributed by atoms with Crippen LogP contribution in [0.3, 0.4) is 0 Å². The average molecular weight is 293 g/mol. The van der Waals surface area contributed by atoms with Crippen LogP contribution >= 0.6 is 22.7 Å². The number of hydrogen-bond acceptors (Lipinski definition) is 5. The SMILES string of the molecule is CC(NC(=O)c1cnc(NC2CC2)s1)c1ccsc1. The second-order valence-electron chi connectivity index (χ2n) is 4.70. The lowest BCUT2D eigenvalue weighted by Gasteiger charge is -2.11. The van der Waals surface area contributed by atoms with Gasteiger partial charge in [0.1, 0.15) is 4.88 Å². The molecule has 2 aromatic rings. The molecule has 6 heteroatoms. The lowest BCUT2D eigenvalue weighted by atomic mass is 10.2. The average Bonchev–Trinajstić information content (AvgIpc) is 2.90. The van der Waals surface area contributed by atoms with Crippen molar-refractivity contribution in [2.45, 2.75) is 31.8 Å². The Kier molecular flexibility index (Phi) is 3.52. The molecule has 0 aromatic carbocycles. The number of carbonyl (C=O) groups is 1. The van der Waals surface area contributed by atoms with Crippen LogP contribution in [0, 0.1) is 0 Å². The first-order chi connectivity index (χ1) is 9.22. The summed E-state index contributed by atoms with van der Waals surface area (Å²) in [5.74, 6) is -0.0555. The number of carbonyl (C=O) groups excluding carboxylic acids is 1. The van der Waals surface area contributed by atoms with Crippen molar-refractivity contribution < 1.29 is 4.79 Å². The summed E-state index contributed by atoms with van der Waals surface area (Å²) in [6.07, 6.45) is 4.05. The van der Waals surface area contributed by atoms with E-state index in [0.717, 1.165) is 10.7 Å². The molecule has 100 valence electrons. The summed E-state index contributed by atoms with van der Waals surface area (Å²) in [4.78, 5) is 17.0. The van der Waals surface area contributed by atoms with Gasteiger partial charge in [0.05, 0.1) is 12.2 Å². The van der Waals surface area contributed by atoms with E-state index < -0.39 is 0 Å². The van der Waals surface area contributed by atoms with Gasteiger partial charge in [0.25, 0.3) is 5.91 Å². The zero-order valence-electron chi connectivity index (χ0n) is 10.6. The van der Waals surface area contributed by atoms with Crippen LogP contribution in [0.1, 0.15) is 41.0 Å². The van der Waals surface area contributed by atoms with Gasteiger partial charge < -0.3 is 10.6 Å². The topological polar surface area (TPSA) is 54.0 Å². The highest BCUT2D eigenvalue weighted by atomic mass is 32.1. The molecule has 2 aromatic heterocycles. The Morgan fingerprint density at radius 3 is 3.05 bits per heavy atom. The van der Waals surface area contributed by atoms with Crippen molar-refractivity contribution >= 4 is 33.7 Å². The maximum absolute atomic E-state index is 12.1. The van der Waals surface area contributed by atoms with Crippen LogP contribution in [0.15, 0.2) is 23.0 Å². The van der Waals surface area contributed by atoms with Gasteiger partial charge in [0, 0.05) is 6.04 Å². The van der Waals surface area contributed by atoms with E-state index in [1.54, 1.807) is 17.5 Å². The lowest BCUT2D eigenvalue weighted by Crippen LogP contribution is -2.25. The molecule has 1 unspecified atom stereocenters. The molecule has 1 aliphatic carbocycles. The standard InChI is InChI=1S/C13H15N3OS2/c1-8(9-4-5-18-7-9)15-12(17)11-6-14-13(19-11)16-10-2-3-10/h4-8,10H,2-3H2,1H3,(H,14,16)(H,15,17). The van der Waals surface area contributed by atoms with Crippen LogP contribution in [-0.2, 0) is 0 Å². The first kappa shape index (κ1) is 12.6. The zero-order chi connectivity index (χ0) is 13.2. The van der Waals surface area contributed by atoms with E-state index in [4.69, 9.17) is 0 Å². The number of nitrogens with zero attached hydrogens (tertiary/aromatic N) is 1. The molecule has 1 fully saturated rings. The second-order valence-corrected chi connectivity index (χ2v) is 6.51. The van der Waals surface area contributed by atoms with Gasteiger partial charge in [-0.3, -0.25) is 4.79 Å². The minimum atomic E-state index is -0.0555. The predicted molar refractivity (Wildman–Crippen MR) is 79.0 cm³/mol. The Bertz CT molecular complexity index is 560. The summed E-state index contributed by atoms with van der Waals surface area (Å²) in [6.45, 7) is 1.99. The van der Waals surface area contributed by atoms with Crippen LogP contribution < -0.4 is 10.6 Å². The van der Waals surface area contributed by atoms with Crippen molar-refractivity contribution in [2.24, 2.45) is 0 Å². The molecule has 19 heavy (non-hydrogen) atoms. The minimum absolute atomic E-state index is 0.0284. The fourth-order valence-electron chi connectivity index (χ4n) is 1.72. The van der Waals surface area contributed by atoms with Crippen molar-refractivity contribution in [3.05, 3.63) is 33.5 Å². The van der Waals surface area contributed by atoms with Crippen LogP contribution in [0.5, 0.6) is 0 Å². The highest BCUT2D eigenvalue weighted by molar-refractivity contribution is 7.17. The van der Waals surface area contributed by atoms with Gasteiger partial charge in [-0.2, -0.15) is 11.3 Å². The third-order valence-corrected chi connectivity index (χ3v) is 4.65. The van der Waals surface area contributed by atoms with E-state index in [-0.39, 0.29) is 11.9 Å². The van der Waals surface area contributed by atoms with Crippen LogP contribution in [0.4, 0.5) is 5.13 Å². The molecule has 0 radical (unpaired) electrons. The molecule has 0 aliphatic heterocycles. The van der Waals surface area contributed by atoms with Gasteiger partial charge in [0.15, 0.2) is 5.13 Å². The normalized spacial score (nSPS) is 16.1. The number of amides is 1. The monoisotopic (exact) mass is 293 g/mol. The van der Waals surface area contributed by atoms with E-state index in [1.807, 2.05) is 18.4 Å². The molecule has 2 N–H and O–H groups in total. The largest absolute Gasteiger partial charge is 0.359 e. The highest BCUT2D eigenvalue weighted by Gasteiger charge is 2.23. The van der Waals surface area contributed by atoms with E-state index in [1.165, 1.54) is 24.2 Å². The Balaban J connectivity index is 1.61. The molecule has 4 nitrogen and oxygen atoms in total. The van der Waals surface area contributed by atoms with Crippen molar-refractivity contribution in [3.63, 3.8) is 0 Å². The molecule has 1 amide bonds. The summed E-state index contributed by atoms with van der Waals surface area (Å²) in [5.41, 5.74) is 1.14. The molecule has 1 atom stereocenters. The molecule has 2 heterocycles. The number of nitrogens with one attached hydrogen (secondary N) is 2.